The molecule has 0 amide bonds. The van der Waals surface area contributed by atoms with Crippen molar-refractivity contribution in [3.05, 3.63) is 47.2 Å². The lowest BCUT2D eigenvalue weighted by atomic mass is 10.0. The first-order valence-corrected chi connectivity index (χ1v) is 6.19. The van der Waals surface area contributed by atoms with Gasteiger partial charge in [0.15, 0.2) is 0 Å². The van der Waals surface area contributed by atoms with Crippen molar-refractivity contribution in [3.8, 4) is 11.3 Å². The van der Waals surface area contributed by atoms with E-state index in [-0.39, 0.29) is 6.04 Å². The molecule has 1 aliphatic carbocycles. The van der Waals surface area contributed by atoms with Gasteiger partial charge in [-0.2, -0.15) is 0 Å². The fourth-order valence-corrected chi connectivity index (χ4v) is 2.80. The summed E-state index contributed by atoms with van der Waals surface area (Å²) in [5.41, 5.74) is 13.0. The number of aromatic nitrogens is 1. The molecule has 3 rings (SSSR count). The molecule has 2 aromatic rings. The van der Waals surface area contributed by atoms with Crippen LogP contribution < -0.4 is 5.73 Å². The minimum absolute atomic E-state index is 0.195. The Morgan fingerprint density at radius 1 is 1.35 bits per heavy atom. The molecule has 1 atom stereocenters. The quantitative estimate of drug-likeness (QED) is 0.715. The van der Waals surface area contributed by atoms with Crippen molar-refractivity contribution >= 4 is 0 Å². The average Bonchev–Trinajstić information content (AvgIpc) is 2.79. The van der Waals surface area contributed by atoms with Gasteiger partial charge in [0.05, 0.1) is 5.69 Å². The standard InChI is InChI=1S/C15H18N2/c1-10-4-3-5-13-14(10)8-12-6-7-17(15(12)13)9-11(2)16/h3-7,11H,8-9,16H2,1-2H3/t11-/m1/s1. The third-order valence-corrected chi connectivity index (χ3v) is 3.56. The summed E-state index contributed by atoms with van der Waals surface area (Å²) in [6, 6.07) is 9.00. The smallest absolute Gasteiger partial charge is 0.0519 e. The molecule has 0 unspecified atom stereocenters. The molecular formula is C15H18N2. The van der Waals surface area contributed by atoms with Gasteiger partial charge in [-0.05, 0) is 36.6 Å². The first kappa shape index (κ1) is 10.6. The molecule has 1 aliphatic rings. The Hall–Kier alpha value is -1.54. The molecule has 0 fully saturated rings. The molecule has 2 nitrogen and oxygen atoms in total. The Balaban J connectivity index is 2.13. The summed E-state index contributed by atoms with van der Waals surface area (Å²) in [7, 11) is 0. The van der Waals surface area contributed by atoms with Gasteiger partial charge >= 0.3 is 0 Å². The summed E-state index contributed by atoms with van der Waals surface area (Å²) in [5.74, 6) is 0. The SMILES string of the molecule is Cc1cccc2c1Cc1ccn(C[C@@H](C)N)c1-2. The topological polar surface area (TPSA) is 30.9 Å². The highest BCUT2D eigenvalue weighted by atomic mass is 15.0. The summed E-state index contributed by atoms with van der Waals surface area (Å²) >= 11 is 0. The van der Waals surface area contributed by atoms with Crippen LogP contribution in [0.25, 0.3) is 11.3 Å². The monoisotopic (exact) mass is 226 g/mol. The largest absolute Gasteiger partial charge is 0.346 e. The summed E-state index contributed by atoms with van der Waals surface area (Å²) in [5, 5.41) is 0. The van der Waals surface area contributed by atoms with Crippen molar-refractivity contribution in [3.63, 3.8) is 0 Å². The minimum Gasteiger partial charge on any atom is -0.346 e. The van der Waals surface area contributed by atoms with Gasteiger partial charge in [-0.1, -0.05) is 18.2 Å². The second-order valence-corrected chi connectivity index (χ2v) is 5.10. The molecule has 0 radical (unpaired) electrons. The number of hydrogen-bond donors (Lipinski definition) is 1. The summed E-state index contributed by atoms with van der Waals surface area (Å²) in [4.78, 5) is 0. The Kier molecular flexibility index (Phi) is 2.33. The van der Waals surface area contributed by atoms with Crippen molar-refractivity contribution in [2.75, 3.05) is 0 Å². The molecular weight excluding hydrogens is 208 g/mol. The lowest BCUT2D eigenvalue weighted by molar-refractivity contribution is 0.596. The maximum atomic E-state index is 5.91. The lowest BCUT2D eigenvalue weighted by Crippen LogP contribution is -2.22. The van der Waals surface area contributed by atoms with Gasteiger partial charge < -0.3 is 10.3 Å². The molecule has 1 aromatic heterocycles. The van der Waals surface area contributed by atoms with Crippen molar-refractivity contribution in [1.82, 2.24) is 4.57 Å². The highest BCUT2D eigenvalue weighted by Crippen LogP contribution is 2.38. The van der Waals surface area contributed by atoms with Crippen LogP contribution in [0.3, 0.4) is 0 Å². The molecule has 0 saturated carbocycles. The van der Waals surface area contributed by atoms with Crippen LogP contribution in [0.1, 0.15) is 23.6 Å². The van der Waals surface area contributed by atoms with E-state index in [0.29, 0.717) is 0 Å². The van der Waals surface area contributed by atoms with E-state index < -0.39 is 0 Å². The Morgan fingerprint density at radius 2 is 2.18 bits per heavy atom. The fourth-order valence-electron chi connectivity index (χ4n) is 2.80. The van der Waals surface area contributed by atoms with Crippen LogP contribution in [-0.2, 0) is 13.0 Å². The number of nitrogens with zero attached hydrogens (tertiary/aromatic N) is 1. The van der Waals surface area contributed by atoms with Gasteiger partial charge in [0.1, 0.15) is 0 Å². The van der Waals surface area contributed by atoms with Crippen LogP contribution in [0.5, 0.6) is 0 Å². The highest BCUT2D eigenvalue weighted by molar-refractivity contribution is 5.75. The van der Waals surface area contributed by atoms with E-state index in [1.54, 1.807) is 0 Å². The second-order valence-electron chi connectivity index (χ2n) is 5.10. The first-order chi connectivity index (χ1) is 8.16. The normalized spacial score (nSPS) is 14.5. The highest BCUT2D eigenvalue weighted by Gasteiger charge is 2.23. The fraction of sp³-hybridized carbons (Fsp3) is 0.333. The zero-order chi connectivity index (χ0) is 12.0. The van der Waals surface area contributed by atoms with E-state index >= 15 is 0 Å². The van der Waals surface area contributed by atoms with E-state index in [9.17, 15) is 0 Å². The number of nitrogens with two attached hydrogens (primary N) is 1. The van der Waals surface area contributed by atoms with Crippen LogP contribution in [-0.4, -0.2) is 10.6 Å². The predicted octanol–water partition coefficient (Wildman–Crippen LogP) is 2.71. The van der Waals surface area contributed by atoms with Gasteiger partial charge in [0.2, 0.25) is 0 Å². The molecule has 17 heavy (non-hydrogen) atoms. The summed E-state index contributed by atoms with van der Waals surface area (Å²) in [6.45, 7) is 5.14. The summed E-state index contributed by atoms with van der Waals surface area (Å²) in [6.07, 6.45) is 3.24. The van der Waals surface area contributed by atoms with Crippen LogP contribution in [0, 0.1) is 6.92 Å². The minimum atomic E-state index is 0.195. The number of aryl methyl sites for hydroxylation is 1. The molecule has 0 bridgehead atoms. The third kappa shape index (κ3) is 1.60. The maximum absolute atomic E-state index is 5.91. The second kappa shape index (κ2) is 3.74. The molecule has 1 heterocycles. The maximum Gasteiger partial charge on any atom is 0.0519 e. The van der Waals surface area contributed by atoms with E-state index in [1.165, 1.54) is 27.9 Å². The third-order valence-electron chi connectivity index (χ3n) is 3.56. The Morgan fingerprint density at radius 3 is 2.94 bits per heavy atom. The summed E-state index contributed by atoms with van der Waals surface area (Å²) < 4.78 is 2.30. The van der Waals surface area contributed by atoms with Crippen LogP contribution >= 0.6 is 0 Å². The molecule has 0 spiro atoms. The Labute approximate surface area is 102 Å². The van der Waals surface area contributed by atoms with Crippen LogP contribution in [0.15, 0.2) is 30.5 Å². The number of fused-ring (bicyclic) bond motifs is 3. The van der Waals surface area contributed by atoms with Gasteiger partial charge in [0.25, 0.3) is 0 Å². The van der Waals surface area contributed by atoms with Gasteiger partial charge in [-0.3, -0.25) is 0 Å². The first-order valence-electron chi connectivity index (χ1n) is 6.19. The molecule has 0 saturated heterocycles. The number of benzene rings is 1. The van der Waals surface area contributed by atoms with Crippen molar-refractivity contribution in [2.24, 2.45) is 5.73 Å². The molecule has 1 aromatic carbocycles. The van der Waals surface area contributed by atoms with Crippen molar-refractivity contribution < 1.29 is 0 Å². The average molecular weight is 226 g/mol. The Bertz CT molecular complexity index is 564. The van der Waals surface area contributed by atoms with Crippen molar-refractivity contribution in [2.45, 2.75) is 32.9 Å². The molecule has 0 aliphatic heterocycles. The molecule has 2 N–H and O–H groups in total. The zero-order valence-corrected chi connectivity index (χ0v) is 10.4. The predicted molar refractivity (Wildman–Crippen MR) is 71.1 cm³/mol. The van der Waals surface area contributed by atoms with Crippen LogP contribution in [0.2, 0.25) is 0 Å². The van der Waals surface area contributed by atoms with E-state index in [1.807, 2.05) is 0 Å². The van der Waals surface area contributed by atoms with E-state index in [4.69, 9.17) is 5.73 Å². The van der Waals surface area contributed by atoms with Gasteiger partial charge in [-0.25, -0.2) is 0 Å². The lowest BCUT2D eigenvalue weighted by Gasteiger charge is -2.12. The van der Waals surface area contributed by atoms with E-state index in [2.05, 4.69) is 48.9 Å². The molecule has 2 heteroatoms. The number of rotatable bonds is 2. The van der Waals surface area contributed by atoms with E-state index in [0.717, 1.165) is 13.0 Å². The van der Waals surface area contributed by atoms with Gasteiger partial charge in [-0.15, -0.1) is 0 Å². The van der Waals surface area contributed by atoms with Gasteiger partial charge in [0, 0.05) is 30.8 Å². The van der Waals surface area contributed by atoms with Crippen LogP contribution in [0.4, 0.5) is 0 Å². The zero-order valence-electron chi connectivity index (χ0n) is 10.4. The van der Waals surface area contributed by atoms with Crippen molar-refractivity contribution in [1.29, 1.82) is 0 Å². The number of hydrogen-bond acceptors (Lipinski definition) is 1. The molecule has 88 valence electrons.